The zero-order chi connectivity index (χ0) is 12.3. The zero-order valence-electron chi connectivity index (χ0n) is 9.14. The largest absolute Gasteiger partial charge is 0.506 e. The summed E-state index contributed by atoms with van der Waals surface area (Å²) in [7, 11) is 0. The van der Waals surface area contributed by atoms with Crippen LogP contribution in [0.4, 0.5) is 0 Å². The second-order valence-electron chi connectivity index (χ2n) is 3.94. The smallest absolute Gasteiger partial charge is 0.253 e. The predicted molar refractivity (Wildman–Crippen MR) is 59.4 cm³/mol. The Hall–Kier alpha value is -2.11. The van der Waals surface area contributed by atoms with Gasteiger partial charge >= 0.3 is 0 Å². The Labute approximate surface area is 98.1 Å². The molecule has 6 heteroatoms. The molecular formula is C11H13N3O3. The Morgan fingerprint density at radius 3 is 3.00 bits per heavy atom. The highest BCUT2D eigenvalue weighted by molar-refractivity contribution is 5.94. The molecule has 0 aliphatic carbocycles. The van der Waals surface area contributed by atoms with Gasteiger partial charge in [0.2, 0.25) is 5.91 Å². The minimum absolute atomic E-state index is 0.00882. The summed E-state index contributed by atoms with van der Waals surface area (Å²) in [5, 5.41) is 14.7. The third-order valence-electron chi connectivity index (χ3n) is 2.59. The number of aromatic nitrogens is 1. The van der Waals surface area contributed by atoms with Crippen molar-refractivity contribution in [3.63, 3.8) is 0 Å². The van der Waals surface area contributed by atoms with Crippen molar-refractivity contribution in [2.24, 2.45) is 0 Å². The average Bonchev–Trinajstić information content (AvgIpc) is 2.32. The molecule has 0 bridgehead atoms. The monoisotopic (exact) mass is 235 g/mol. The molecule has 6 nitrogen and oxygen atoms in total. The van der Waals surface area contributed by atoms with Gasteiger partial charge in [0.05, 0.1) is 11.8 Å². The Morgan fingerprint density at radius 2 is 2.35 bits per heavy atom. The molecule has 2 rings (SSSR count). The van der Waals surface area contributed by atoms with Crippen LogP contribution in [0.25, 0.3) is 0 Å². The zero-order valence-corrected chi connectivity index (χ0v) is 9.14. The standard InChI is InChI=1S/C11H13N3O3/c15-9-3-7(4-12-6-9)11(17)14-8-1-2-10(16)13-5-8/h3-4,6,8,15H,1-2,5H2,(H,13,16)(H,14,17). The van der Waals surface area contributed by atoms with Crippen LogP contribution in [0.15, 0.2) is 18.5 Å². The van der Waals surface area contributed by atoms with Crippen molar-refractivity contribution in [2.45, 2.75) is 18.9 Å². The van der Waals surface area contributed by atoms with Gasteiger partial charge in [-0.05, 0) is 12.5 Å². The third-order valence-corrected chi connectivity index (χ3v) is 2.59. The SMILES string of the molecule is O=C1CCC(NC(=O)c2cncc(O)c2)CN1. The van der Waals surface area contributed by atoms with E-state index in [-0.39, 0.29) is 23.6 Å². The van der Waals surface area contributed by atoms with E-state index < -0.39 is 0 Å². The van der Waals surface area contributed by atoms with Gasteiger partial charge < -0.3 is 15.7 Å². The Kier molecular flexibility index (Phi) is 3.22. The molecule has 2 amide bonds. The third kappa shape index (κ3) is 2.93. The number of hydrogen-bond donors (Lipinski definition) is 3. The molecule has 1 atom stereocenters. The molecule has 0 aromatic carbocycles. The normalized spacial score (nSPS) is 19.5. The quantitative estimate of drug-likeness (QED) is 0.661. The number of amides is 2. The molecule has 17 heavy (non-hydrogen) atoms. The summed E-state index contributed by atoms with van der Waals surface area (Å²) in [5.41, 5.74) is 0.307. The van der Waals surface area contributed by atoms with Crippen LogP contribution in [-0.2, 0) is 4.79 Å². The number of hydrogen-bond acceptors (Lipinski definition) is 4. The van der Waals surface area contributed by atoms with E-state index in [1.807, 2.05) is 0 Å². The van der Waals surface area contributed by atoms with E-state index in [1.165, 1.54) is 18.5 Å². The van der Waals surface area contributed by atoms with Crippen LogP contribution in [0.1, 0.15) is 23.2 Å². The summed E-state index contributed by atoms with van der Waals surface area (Å²) < 4.78 is 0. The Balaban J connectivity index is 1.95. The summed E-state index contributed by atoms with van der Waals surface area (Å²) in [6, 6.07) is 1.28. The van der Waals surface area contributed by atoms with E-state index in [2.05, 4.69) is 15.6 Å². The summed E-state index contributed by atoms with van der Waals surface area (Å²) >= 11 is 0. The van der Waals surface area contributed by atoms with Crippen LogP contribution in [0.5, 0.6) is 5.75 Å². The summed E-state index contributed by atoms with van der Waals surface area (Å²) in [5.74, 6) is -0.335. The van der Waals surface area contributed by atoms with Gasteiger partial charge in [-0.1, -0.05) is 0 Å². The van der Waals surface area contributed by atoms with Crippen LogP contribution in [0, 0.1) is 0 Å². The summed E-state index contributed by atoms with van der Waals surface area (Å²) in [6.45, 7) is 0.441. The van der Waals surface area contributed by atoms with Gasteiger partial charge in [0.15, 0.2) is 0 Å². The maximum atomic E-state index is 11.8. The van der Waals surface area contributed by atoms with E-state index in [4.69, 9.17) is 0 Å². The lowest BCUT2D eigenvalue weighted by atomic mass is 10.1. The molecule has 1 aliphatic heterocycles. The van der Waals surface area contributed by atoms with Crippen LogP contribution in [0.2, 0.25) is 0 Å². The molecule has 1 aromatic heterocycles. The summed E-state index contributed by atoms with van der Waals surface area (Å²) in [4.78, 5) is 26.4. The first kappa shape index (κ1) is 11.4. The number of carbonyl (C=O) groups is 2. The van der Waals surface area contributed by atoms with Crippen molar-refractivity contribution in [2.75, 3.05) is 6.54 Å². The number of carbonyl (C=O) groups excluding carboxylic acids is 2. The van der Waals surface area contributed by atoms with Crippen molar-refractivity contribution in [1.82, 2.24) is 15.6 Å². The Bertz CT molecular complexity index is 437. The molecule has 2 heterocycles. The van der Waals surface area contributed by atoms with Crippen LogP contribution in [0.3, 0.4) is 0 Å². The number of nitrogens with zero attached hydrogens (tertiary/aromatic N) is 1. The lowest BCUT2D eigenvalue weighted by Gasteiger charge is -2.23. The summed E-state index contributed by atoms with van der Waals surface area (Å²) in [6.07, 6.45) is 3.70. The van der Waals surface area contributed by atoms with Crippen LogP contribution in [-0.4, -0.2) is 34.5 Å². The van der Waals surface area contributed by atoms with E-state index >= 15 is 0 Å². The minimum atomic E-state index is -0.297. The van der Waals surface area contributed by atoms with Crippen molar-refractivity contribution in [3.8, 4) is 5.75 Å². The highest BCUT2D eigenvalue weighted by Crippen LogP contribution is 2.09. The second kappa shape index (κ2) is 4.82. The second-order valence-corrected chi connectivity index (χ2v) is 3.94. The molecule has 1 saturated heterocycles. The first-order valence-corrected chi connectivity index (χ1v) is 5.37. The topological polar surface area (TPSA) is 91.3 Å². The first-order valence-electron chi connectivity index (χ1n) is 5.37. The molecule has 0 spiro atoms. The lowest BCUT2D eigenvalue weighted by Crippen LogP contribution is -2.47. The highest BCUT2D eigenvalue weighted by atomic mass is 16.3. The van der Waals surface area contributed by atoms with Gasteiger partial charge in [0, 0.05) is 25.2 Å². The van der Waals surface area contributed by atoms with Crippen LogP contribution >= 0.6 is 0 Å². The highest BCUT2D eigenvalue weighted by Gasteiger charge is 2.20. The van der Waals surface area contributed by atoms with E-state index in [9.17, 15) is 14.7 Å². The first-order chi connectivity index (χ1) is 8.15. The number of aromatic hydroxyl groups is 1. The molecule has 0 radical (unpaired) electrons. The predicted octanol–water partition coefficient (Wildman–Crippen LogP) is -0.204. The van der Waals surface area contributed by atoms with Gasteiger partial charge in [-0.15, -0.1) is 0 Å². The molecular weight excluding hydrogens is 222 g/mol. The maximum absolute atomic E-state index is 11.8. The molecule has 1 aromatic rings. The van der Waals surface area contributed by atoms with Gasteiger partial charge in [0.25, 0.3) is 5.91 Å². The van der Waals surface area contributed by atoms with Crippen LogP contribution < -0.4 is 10.6 Å². The lowest BCUT2D eigenvalue weighted by molar-refractivity contribution is -0.122. The Morgan fingerprint density at radius 1 is 1.53 bits per heavy atom. The van der Waals surface area contributed by atoms with Crippen molar-refractivity contribution in [3.05, 3.63) is 24.0 Å². The fourth-order valence-electron chi connectivity index (χ4n) is 1.68. The average molecular weight is 235 g/mol. The van der Waals surface area contributed by atoms with E-state index in [0.29, 0.717) is 24.9 Å². The fraction of sp³-hybridized carbons (Fsp3) is 0.364. The number of piperidine rings is 1. The molecule has 0 saturated carbocycles. The maximum Gasteiger partial charge on any atom is 0.253 e. The van der Waals surface area contributed by atoms with Gasteiger partial charge in [0.1, 0.15) is 5.75 Å². The molecule has 3 N–H and O–H groups in total. The van der Waals surface area contributed by atoms with Crippen molar-refractivity contribution < 1.29 is 14.7 Å². The molecule has 1 fully saturated rings. The number of rotatable bonds is 2. The molecule has 90 valence electrons. The van der Waals surface area contributed by atoms with Crippen molar-refractivity contribution in [1.29, 1.82) is 0 Å². The fourth-order valence-corrected chi connectivity index (χ4v) is 1.68. The minimum Gasteiger partial charge on any atom is -0.506 e. The van der Waals surface area contributed by atoms with Gasteiger partial charge in [-0.2, -0.15) is 0 Å². The van der Waals surface area contributed by atoms with E-state index in [1.54, 1.807) is 0 Å². The number of pyridine rings is 1. The van der Waals surface area contributed by atoms with Gasteiger partial charge in [-0.3, -0.25) is 14.6 Å². The van der Waals surface area contributed by atoms with Gasteiger partial charge in [-0.25, -0.2) is 0 Å². The number of nitrogens with one attached hydrogen (secondary N) is 2. The molecule has 1 aliphatic rings. The molecule has 1 unspecified atom stereocenters. The van der Waals surface area contributed by atoms with E-state index in [0.717, 1.165) is 0 Å². The van der Waals surface area contributed by atoms with Crippen molar-refractivity contribution >= 4 is 11.8 Å².